The lowest BCUT2D eigenvalue weighted by molar-refractivity contribution is 0.0535. The van der Waals surface area contributed by atoms with Crippen LogP contribution in [0.15, 0.2) is 46.9 Å². The van der Waals surface area contributed by atoms with Crippen LogP contribution in [0.2, 0.25) is 5.02 Å². The van der Waals surface area contributed by atoms with Gasteiger partial charge in [-0.3, -0.25) is 9.59 Å². The lowest BCUT2D eigenvalue weighted by Crippen LogP contribution is -2.50. The Kier molecular flexibility index (Phi) is 5.84. The van der Waals surface area contributed by atoms with E-state index < -0.39 is 0 Å². The summed E-state index contributed by atoms with van der Waals surface area (Å²) in [5.74, 6) is 0.485. The summed E-state index contributed by atoms with van der Waals surface area (Å²) in [5.41, 5.74) is 1.12. The highest BCUT2D eigenvalue weighted by Gasteiger charge is 2.26. The van der Waals surface area contributed by atoms with Crippen molar-refractivity contribution in [1.82, 2.24) is 9.80 Å². The van der Waals surface area contributed by atoms with E-state index in [0.29, 0.717) is 48.1 Å². The molecule has 1 aliphatic heterocycles. The van der Waals surface area contributed by atoms with Crippen molar-refractivity contribution in [2.45, 2.75) is 0 Å². The third-order valence-corrected chi connectivity index (χ3v) is 5.26. The van der Waals surface area contributed by atoms with Gasteiger partial charge in [-0.05, 0) is 52.3 Å². The molecule has 7 heteroatoms. The fraction of sp³-hybridized carbons (Fsp3) is 0.263. The van der Waals surface area contributed by atoms with Crippen molar-refractivity contribution in [2.24, 2.45) is 0 Å². The summed E-state index contributed by atoms with van der Waals surface area (Å²) in [4.78, 5) is 28.9. The third-order valence-electron chi connectivity index (χ3n) is 4.33. The van der Waals surface area contributed by atoms with Crippen LogP contribution in [0.5, 0.6) is 5.75 Å². The summed E-state index contributed by atoms with van der Waals surface area (Å²) >= 11 is 9.38. The average Bonchev–Trinajstić information content (AvgIpc) is 2.67. The summed E-state index contributed by atoms with van der Waals surface area (Å²) in [5, 5.41) is 0.535. The molecule has 0 N–H and O–H groups in total. The van der Waals surface area contributed by atoms with Crippen LogP contribution in [-0.4, -0.2) is 54.9 Å². The van der Waals surface area contributed by atoms with Gasteiger partial charge < -0.3 is 14.5 Å². The second-order valence-electron chi connectivity index (χ2n) is 5.94. The number of carbonyl (C=O) groups excluding carboxylic acids is 2. The predicted octanol–water partition coefficient (Wildman–Crippen LogP) is 3.71. The first-order valence-electron chi connectivity index (χ1n) is 8.17. The Morgan fingerprint density at radius 1 is 1.00 bits per heavy atom. The van der Waals surface area contributed by atoms with E-state index in [-0.39, 0.29) is 11.8 Å². The Bertz CT molecular complexity index is 835. The van der Waals surface area contributed by atoms with Gasteiger partial charge in [-0.25, -0.2) is 0 Å². The van der Waals surface area contributed by atoms with Gasteiger partial charge in [-0.1, -0.05) is 17.7 Å². The Morgan fingerprint density at radius 2 is 1.65 bits per heavy atom. The molecule has 0 spiro atoms. The summed E-state index contributed by atoms with van der Waals surface area (Å²) in [6, 6.07) is 12.2. The number of amides is 2. The molecule has 2 aromatic rings. The van der Waals surface area contributed by atoms with Gasteiger partial charge in [-0.15, -0.1) is 0 Å². The zero-order chi connectivity index (χ0) is 18.7. The van der Waals surface area contributed by atoms with E-state index >= 15 is 0 Å². The highest BCUT2D eigenvalue weighted by Crippen LogP contribution is 2.24. The van der Waals surface area contributed by atoms with Gasteiger partial charge in [-0.2, -0.15) is 0 Å². The second-order valence-corrected chi connectivity index (χ2v) is 7.23. The fourth-order valence-corrected chi connectivity index (χ4v) is 3.49. The molecule has 0 unspecified atom stereocenters. The van der Waals surface area contributed by atoms with Crippen LogP contribution in [0.1, 0.15) is 20.7 Å². The number of benzene rings is 2. The number of piperazine rings is 1. The van der Waals surface area contributed by atoms with Crippen LogP contribution < -0.4 is 4.74 Å². The second kappa shape index (κ2) is 8.10. The third kappa shape index (κ3) is 4.02. The molecule has 0 saturated carbocycles. The molecule has 2 aromatic carbocycles. The number of rotatable bonds is 3. The highest BCUT2D eigenvalue weighted by atomic mass is 79.9. The van der Waals surface area contributed by atoms with Crippen LogP contribution in [0.25, 0.3) is 0 Å². The molecule has 0 aliphatic carbocycles. The van der Waals surface area contributed by atoms with Gasteiger partial charge in [0, 0.05) is 41.2 Å². The number of ether oxygens (including phenoxy) is 1. The SMILES string of the molecule is COc1ccc(Br)c(C(=O)N2CCN(C(=O)c3cccc(Cl)c3)CC2)c1. The highest BCUT2D eigenvalue weighted by molar-refractivity contribution is 9.10. The minimum atomic E-state index is -0.0781. The molecule has 3 rings (SSSR count). The smallest absolute Gasteiger partial charge is 0.255 e. The Balaban J connectivity index is 1.67. The molecule has 2 amide bonds. The number of methoxy groups -OCH3 is 1. The van der Waals surface area contributed by atoms with Gasteiger partial charge in [0.05, 0.1) is 12.7 Å². The number of hydrogen-bond acceptors (Lipinski definition) is 3. The van der Waals surface area contributed by atoms with Crippen molar-refractivity contribution in [3.05, 3.63) is 63.1 Å². The Morgan fingerprint density at radius 3 is 2.27 bits per heavy atom. The molecule has 1 fully saturated rings. The van der Waals surface area contributed by atoms with E-state index in [9.17, 15) is 9.59 Å². The Hall–Kier alpha value is -2.05. The molecular formula is C19H18BrClN2O3. The van der Waals surface area contributed by atoms with Crippen molar-refractivity contribution in [3.8, 4) is 5.75 Å². The summed E-state index contributed by atoms with van der Waals surface area (Å²) in [6.45, 7) is 1.93. The number of hydrogen-bond donors (Lipinski definition) is 0. The molecule has 0 atom stereocenters. The normalized spacial score (nSPS) is 14.3. The lowest BCUT2D eigenvalue weighted by Gasteiger charge is -2.35. The molecule has 0 aromatic heterocycles. The molecule has 136 valence electrons. The van der Waals surface area contributed by atoms with Crippen LogP contribution in [0.3, 0.4) is 0 Å². The Labute approximate surface area is 165 Å². The van der Waals surface area contributed by atoms with Gasteiger partial charge in [0.2, 0.25) is 0 Å². The van der Waals surface area contributed by atoms with Gasteiger partial charge in [0.1, 0.15) is 5.75 Å². The topological polar surface area (TPSA) is 49.9 Å². The van der Waals surface area contributed by atoms with E-state index in [1.807, 2.05) is 0 Å². The van der Waals surface area contributed by atoms with Crippen molar-refractivity contribution in [3.63, 3.8) is 0 Å². The quantitative estimate of drug-likeness (QED) is 0.735. The average molecular weight is 438 g/mol. The molecule has 0 radical (unpaired) electrons. The van der Waals surface area contributed by atoms with Crippen LogP contribution in [-0.2, 0) is 0 Å². The molecule has 1 saturated heterocycles. The van der Waals surface area contributed by atoms with Gasteiger partial charge in [0.15, 0.2) is 0 Å². The molecule has 26 heavy (non-hydrogen) atoms. The van der Waals surface area contributed by atoms with E-state index in [0.717, 1.165) is 4.47 Å². The summed E-state index contributed by atoms with van der Waals surface area (Å²) in [7, 11) is 1.57. The molecule has 5 nitrogen and oxygen atoms in total. The van der Waals surface area contributed by atoms with Crippen LogP contribution in [0, 0.1) is 0 Å². The molecule has 1 aliphatic rings. The maximum atomic E-state index is 12.8. The zero-order valence-corrected chi connectivity index (χ0v) is 16.6. The summed E-state index contributed by atoms with van der Waals surface area (Å²) in [6.07, 6.45) is 0. The van der Waals surface area contributed by atoms with Crippen LogP contribution in [0.4, 0.5) is 0 Å². The maximum absolute atomic E-state index is 12.8. The number of nitrogens with zero attached hydrogens (tertiary/aromatic N) is 2. The minimum absolute atomic E-state index is 0.0674. The maximum Gasteiger partial charge on any atom is 0.255 e. The van der Waals surface area contributed by atoms with E-state index in [4.69, 9.17) is 16.3 Å². The van der Waals surface area contributed by atoms with Gasteiger partial charge >= 0.3 is 0 Å². The van der Waals surface area contributed by atoms with Gasteiger partial charge in [0.25, 0.3) is 11.8 Å². The number of carbonyl (C=O) groups is 2. The lowest BCUT2D eigenvalue weighted by atomic mass is 10.1. The fourth-order valence-electron chi connectivity index (χ4n) is 2.88. The molecule has 1 heterocycles. The monoisotopic (exact) mass is 436 g/mol. The van der Waals surface area contributed by atoms with Crippen molar-refractivity contribution < 1.29 is 14.3 Å². The van der Waals surface area contributed by atoms with Crippen molar-refractivity contribution in [1.29, 1.82) is 0 Å². The largest absolute Gasteiger partial charge is 0.497 e. The molecular weight excluding hydrogens is 420 g/mol. The number of halogens is 2. The van der Waals surface area contributed by atoms with Crippen molar-refractivity contribution in [2.75, 3.05) is 33.3 Å². The van der Waals surface area contributed by atoms with Crippen molar-refractivity contribution >= 4 is 39.3 Å². The molecule has 0 bridgehead atoms. The van der Waals surface area contributed by atoms with E-state index in [1.54, 1.807) is 59.4 Å². The summed E-state index contributed by atoms with van der Waals surface area (Å²) < 4.78 is 5.92. The zero-order valence-electron chi connectivity index (χ0n) is 14.2. The first kappa shape index (κ1) is 18.7. The first-order valence-corrected chi connectivity index (χ1v) is 9.34. The van der Waals surface area contributed by atoms with E-state index in [1.165, 1.54) is 0 Å². The minimum Gasteiger partial charge on any atom is -0.497 e. The van der Waals surface area contributed by atoms with E-state index in [2.05, 4.69) is 15.9 Å². The van der Waals surface area contributed by atoms with Crippen LogP contribution >= 0.6 is 27.5 Å². The first-order chi connectivity index (χ1) is 12.5. The standard InChI is InChI=1S/C19H18BrClN2O3/c1-26-15-5-6-17(20)16(12-15)19(25)23-9-7-22(8-10-23)18(24)13-3-2-4-14(21)11-13/h2-6,11-12H,7-10H2,1H3. The predicted molar refractivity (Wildman–Crippen MR) is 104 cm³/mol.